The molecule has 2 fully saturated rings. The number of anilines is 1. The van der Waals surface area contributed by atoms with Crippen molar-refractivity contribution in [3.63, 3.8) is 0 Å². The fourth-order valence-corrected chi connectivity index (χ4v) is 9.12. The number of aromatic nitrogens is 5. The van der Waals surface area contributed by atoms with E-state index in [-0.39, 0.29) is 22.5 Å². The van der Waals surface area contributed by atoms with Crippen LogP contribution in [0.25, 0.3) is 22.3 Å². The van der Waals surface area contributed by atoms with E-state index in [1.54, 1.807) is 18.2 Å². The number of nitrogen functional groups attached to an aromatic ring is 1. The number of carboxylic acids is 1. The molecule has 27 heteroatoms. The third kappa shape index (κ3) is 8.15. The molecule has 2 saturated heterocycles. The summed E-state index contributed by atoms with van der Waals surface area (Å²) in [5.41, 5.74) is 6.62. The molecule has 0 radical (unpaired) electrons. The van der Waals surface area contributed by atoms with Gasteiger partial charge in [0.2, 0.25) is 0 Å². The first-order chi connectivity index (χ1) is 25.3. The first-order valence-electron chi connectivity index (χ1n) is 15.3. The molecule has 3 aromatic heterocycles. The van der Waals surface area contributed by atoms with Gasteiger partial charge in [-0.05, 0) is 17.2 Å². The number of carbonyl (C=O) groups is 1. The van der Waals surface area contributed by atoms with Crippen LogP contribution in [-0.2, 0) is 36.5 Å². The number of rotatable bonds is 13. The molecule has 54 heavy (non-hydrogen) atoms. The van der Waals surface area contributed by atoms with E-state index in [9.17, 15) is 63.6 Å². The number of phosphoric acid groups is 2. The Morgan fingerprint density at radius 2 is 1.65 bits per heavy atom. The lowest BCUT2D eigenvalue weighted by atomic mass is 10.0. The van der Waals surface area contributed by atoms with E-state index in [0.29, 0.717) is 11.1 Å². The van der Waals surface area contributed by atoms with E-state index in [1.165, 1.54) is 35.2 Å². The number of aliphatic hydroxyl groups is 4. The van der Waals surface area contributed by atoms with Crippen molar-refractivity contribution >= 4 is 46.2 Å². The zero-order valence-corrected chi connectivity index (χ0v) is 29.7. The van der Waals surface area contributed by atoms with E-state index in [1.807, 2.05) is 0 Å². The minimum atomic E-state index is -5.71. The highest BCUT2D eigenvalue weighted by atomic mass is 31.3. The summed E-state index contributed by atoms with van der Waals surface area (Å²) in [5.74, 6) is -4.01. The topological polar surface area (TPSA) is 370 Å². The van der Waals surface area contributed by atoms with Gasteiger partial charge in [0.15, 0.2) is 42.0 Å². The Bertz CT molecular complexity index is 2170. The number of fused-ring (bicyclic) bond motifs is 1. The standard InChI is InChI=1S/C27H31N6O18P3/c28-22-16-23(30-10-29-22)33(11-31-16)25-20(50-53(42,43)44)17(34)15(48-25)9-47-54(45,46)51-52(40,41)27(39)21-18(35)19(36)24(49-21)32-7-5-12(6-8-32)13-3-1-2-4-14(13)26(37)38/h1-8,10-11,15,17-21,24-25,27,34-36,39H,9H2,(H6-,28,29,30,37,38,40,41,42,43,44,45,46)/p+1/t15-,17-,18+,19-,20-,21-,24-,25-,27?/m1/s1. The zero-order valence-electron chi connectivity index (χ0n) is 27.0. The molecule has 11 N–H and O–H groups in total. The Kier molecular flexibility index (Phi) is 11.2. The van der Waals surface area contributed by atoms with Crippen molar-refractivity contribution in [3.05, 3.63) is 67.0 Å². The van der Waals surface area contributed by atoms with Crippen LogP contribution in [-0.4, -0.2) is 120 Å². The number of nitrogens with two attached hydrogens (primary N) is 1. The van der Waals surface area contributed by atoms with Crippen LogP contribution < -0.4 is 10.3 Å². The average molecular weight is 821 g/mol. The molecule has 0 saturated carbocycles. The Balaban J connectivity index is 1.12. The van der Waals surface area contributed by atoms with E-state index in [4.69, 9.17) is 24.3 Å². The Morgan fingerprint density at radius 1 is 0.963 bits per heavy atom. The molecule has 292 valence electrons. The van der Waals surface area contributed by atoms with Crippen LogP contribution in [0.4, 0.5) is 5.82 Å². The van der Waals surface area contributed by atoms with Crippen molar-refractivity contribution in [3.8, 4) is 11.1 Å². The fraction of sp³-hybridized carbons (Fsp3) is 0.370. The van der Waals surface area contributed by atoms with Gasteiger partial charge in [-0.2, -0.15) is 4.57 Å². The first-order valence-corrected chi connectivity index (χ1v) is 20.0. The number of benzene rings is 1. The lowest BCUT2D eigenvalue weighted by molar-refractivity contribution is -0.765. The average Bonchev–Trinajstić information content (AvgIpc) is 3.76. The molecule has 0 aliphatic carbocycles. The second-order valence-electron chi connectivity index (χ2n) is 11.9. The van der Waals surface area contributed by atoms with Gasteiger partial charge < -0.3 is 60.3 Å². The van der Waals surface area contributed by atoms with Gasteiger partial charge in [-0.3, -0.25) is 18.2 Å². The van der Waals surface area contributed by atoms with Gasteiger partial charge in [0.05, 0.1) is 18.5 Å². The number of pyridine rings is 1. The monoisotopic (exact) mass is 821 g/mol. The summed E-state index contributed by atoms with van der Waals surface area (Å²) < 4.78 is 64.8. The van der Waals surface area contributed by atoms with Crippen molar-refractivity contribution < 1.29 is 91.0 Å². The molecule has 2 aliphatic heterocycles. The van der Waals surface area contributed by atoms with Crippen LogP contribution in [0, 0.1) is 0 Å². The second-order valence-corrected chi connectivity index (χ2v) is 16.6. The molecule has 4 aromatic rings. The van der Waals surface area contributed by atoms with Gasteiger partial charge in [0.25, 0.3) is 6.23 Å². The van der Waals surface area contributed by atoms with Crippen molar-refractivity contribution in [1.82, 2.24) is 19.5 Å². The number of nitrogens with zero attached hydrogens (tertiary/aromatic N) is 5. The van der Waals surface area contributed by atoms with Gasteiger partial charge in [0.1, 0.15) is 42.4 Å². The van der Waals surface area contributed by atoms with Crippen molar-refractivity contribution in [2.75, 3.05) is 12.3 Å². The van der Waals surface area contributed by atoms with Crippen LogP contribution in [0.5, 0.6) is 0 Å². The lowest BCUT2D eigenvalue weighted by Gasteiger charge is -2.25. The number of aliphatic hydroxyl groups excluding tert-OH is 4. The molecule has 0 bridgehead atoms. The highest BCUT2D eigenvalue weighted by molar-refractivity contribution is 7.64. The summed E-state index contributed by atoms with van der Waals surface area (Å²) >= 11 is 0. The summed E-state index contributed by atoms with van der Waals surface area (Å²) in [7, 11) is -16.7. The second kappa shape index (κ2) is 15.1. The van der Waals surface area contributed by atoms with Gasteiger partial charge in [0, 0.05) is 12.1 Å². The molecule has 11 atom stereocenters. The van der Waals surface area contributed by atoms with E-state index in [2.05, 4.69) is 19.3 Å². The highest BCUT2D eigenvalue weighted by Crippen LogP contribution is 2.63. The van der Waals surface area contributed by atoms with Crippen LogP contribution in [0.1, 0.15) is 22.8 Å². The highest BCUT2D eigenvalue weighted by Gasteiger charge is 2.57. The number of hydrogen-bond donors (Lipinski definition) is 10. The summed E-state index contributed by atoms with van der Waals surface area (Å²) in [6.07, 6.45) is -9.90. The number of hydrogen-bond acceptors (Lipinski definition) is 17. The predicted octanol–water partition coefficient (Wildman–Crippen LogP) is -1.25. The molecular formula is C27H32N6O18P3+. The molecule has 5 heterocycles. The maximum atomic E-state index is 13.1. The Hall–Kier alpha value is -3.64. The molecule has 24 nitrogen and oxygen atoms in total. The van der Waals surface area contributed by atoms with Crippen molar-refractivity contribution in [2.24, 2.45) is 0 Å². The largest absolute Gasteiger partial charge is 0.479 e. The van der Waals surface area contributed by atoms with Crippen molar-refractivity contribution in [2.45, 2.75) is 54.9 Å². The zero-order chi connectivity index (χ0) is 39.3. The van der Waals surface area contributed by atoms with Gasteiger partial charge >= 0.3 is 29.2 Å². The first kappa shape index (κ1) is 40.0. The maximum absolute atomic E-state index is 13.1. The van der Waals surface area contributed by atoms with Crippen LogP contribution >= 0.6 is 23.2 Å². The van der Waals surface area contributed by atoms with Crippen LogP contribution in [0.15, 0.2) is 61.4 Å². The molecule has 6 rings (SSSR count). The minimum Gasteiger partial charge on any atom is -0.478 e. The fourth-order valence-electron chi connectivity index (χ4n) is 5.87. The third-order valence-electron chi connectivity index (χ3n) is 8.37. The number of ether oxygens (including phenoxy) is 2. The molecular weight excluding hydrogens is 789 g/mol. The molecule has 1 aromatic carbocycles. The predicted molar refractivity (Wildman–Crippen MR) is 174 cm³/mol. The number of imidazole rings is 1. The molecule has 0 spiro atoms. The number of carboxylic acid groups (broad SMARTS) is 1. The van der Waals surface area contributed by atoms with E-state index < -0.39 is 90.7 Å². The number of aromatic carboxylic acids is 1. The SMILES string of the molecule is Nc1ncnc2c1ncn2[C@@H]1O[C@H](COP(=O)(O)OP(=O)(O)C(O)[C@@H]2O[C@@H]([n+]3ccc(-c4ccccc4C(=O)O)cc3)[C@H](O)[C@@H]2O)[C@@H](O)[C@H]1OP(=O)(O)O. The number of phosphoric ester groups is 2. The summed E-state index contributed by atoms with van der Waals surface area (Å²) in [4.78, 5) is 63.1. The Morgan fingerprint density at radius 3 is 2.31 bits per heavy atom. The minimum absolute atomic E-state index is 0.00816. The lowest BCUT2D eigenvalue weighted by Crippen LogP contribution is -2.45. The van der Waals surface area contributed by atoms with E-state index in [0.717, 1.165) is 17.2 Å². The molecule has 0 amide bonds. The van der Waals surface area contributed by atoms with Gasteiger partial charge in [-0.15, -0.1) is 0 Å². The summed E-state index contributed by atoms with van der Waals surface area (Å²) in [6.45, 7) is -1.14. The summed E-state index contributed by atoms with van der Waals surface area (Å²) in [5, 5.41) is 52.3. The van der Waals surface area contributed by atoms with Gasteiger partial charge in [-0.25, -0.2) is 33.2 Å². The van der Waals surface area contributed by atoms with Gasteiger partial charge in [-0.1, -0.05) is 18.2 Å². The van der Waals surface area contributed by atoms with E-state index >= 15 is 0 Å². The Labute approximate surface area is 302 Å². The third-order valence-corrected chi connectivity index (χ3v) is 12.1. The molecule has 3 unspecified atom stereocenters. The normalized spacial score (nSPS) is 28.8. The smallest absolute Gasteiger partial charge is 0.478 e. The summed E-state index contributed by atoms with van der Waals surface area (Å²) in [6, 6.07) is 9.05. The van der Waals surface area contributed by atoms with Crippen molar-refractivity contribution in [1.29, 1.82) is 0 Å². The molecule has 2 aliphatic rings. The van der Waals surface area contributed by atoms with Crippen LogP contribution in [0.3, 0.4) is 0 Å². The maximum Gasteiger partial charge on any atom is 0.479 e. The quantitative estimate of drug-likeness (QED) is 0.0556. The van der Waals surface area contributed by atoms with Crippen LogP contribution in [0.2, 0.25) is 0 Å².